The number of nitrogens with two attached hydrogens (primary N) is 1. The first-order valence-electron chi connectivity index (χ1n) is 16.3. The van der Waals surface area contributed by atoms with Crippen molar-refractivity contribution in [2.45, 2.75) is 118 Å². The number of aliphatic carboxylic acids is 1. The Morgan fingerprint density at radius 2 is 1.74 bits per heavy atom. The third kappa shape index (κ3) is 9.85. The number of fused-ring (bicyclic) bond motifs is 2. The van der Waals surface area contributed by atoms with Crippen molar-refractivity contribution in [3.63, 3.8) is 0 Å². The Morgan fingerprint density at radius 3 is 2.46 bits per heavy atom. The van der Waals surface area contributed by atoms with Crippen molar-refractivity contribution in [2.75, 3.05) is 30.3 Å². The number of thioether (sulfide) groups is 3. The molecule has 46 heavy (non-hydrogen) atoms. The van der Waals surface area contributed by atoms with Gasteiger partial charge < -0.3 is 37.0 Å². The van der Waals surface area contributed by atoms with Crippen molar-refractivity contribution < 1.29 is 29.1 Å². The van der Waals surface area contributed by atoms with E-state index in [1.807, 2.05) is 25.6 Å². The highest BCUT2D eigenvalue weighted by molar-refractivity contribution is 8.01. The molecular weight excluding hydrogens is 651 g/mol. The van der Waals surface area contributed by atoms with Gasteiger partial charge >= 0.3 is 12.0 Å². The number of carbonyl (C=O) groups is 5. The number of amides is 5. The second kappa shape index (κ2) is 17.2. The maximum atomic E-state index is 12.5. The van der Waals surface area contributed by atoms with Gasteiger partial charge in [0.25, 0.3) is 5.91 Å². The number of urea groups is 1. The summed E-state index contributed by atoms with van der Waals surface area (Å²) in [7, 11) is 0. The molecule has 258 valence electrons. The van der Waals surface area contributed by atoms with Crippen LogP contribution in [0.2, 0.25) is 0 Å². The second-order valence-corrected chi connectivity index (χ2v) is 16.9. The molecule has 4 aliphatic rings. The van der Waals surface area contributed by atoms with E-state index in [0.29, 0.717) is 42.8 Å². The smallest absolute Gasteiger partial charge is 0.327 e. The number of carbonyl (C=O) groups excluding carboxylic acids is 4. The molecular formula is C30H49N7O6S3. The normalized spacial score (nSPS) is 27.8. The lowest BCUT2D eigenvalue weighted by atomic mass is 9.96. The standard InChI is InChI=1S/C30H49N7O6S3/c1-30(2)25(28(41)42)37-26(40)24(27(37)46-30)35-20(31)11-9-15-44-17-22(39)33-14-8-4-3-7-13-32-21(38)12-6-5-10-19-23-18(16-45-19)34-29(43)36-23/h18-19,23-25,27H,3-17H2,1-2H3,(H2,31,35)(H,32,38)(H,33,39)(H,41,42)(H2,34,36,43)/t18-,19-,23-,24+,25-,27+/m0/s1. The number of carboxylic acid groups (broad SMARTS) is 1. The number of nitrogens with one attached hydrogen (secondary N) is 4. The van der Waals surface area contributed by atoms with Crippen molar-refractivity contribution in [1.29, 1.82) is 0 Å². The van der Waals surface area contributed by atoms with Crippen LogP contribution in [0.25, 0.3) is 0 Å². The third-order valence-electron chi connectivity index (χ3n) is 8.74. The van der Waals surface area contributed by atoms with Crippen LogP contribution in [0, 0.1) is 0 Å². The Hall–Kier alpha value is -2.33. The number of carboxylic acids is 1. The van der Waals surface area contributed by atoms with Gasteiger partial charge in [-0.15, -0.1) is 11.8 Å². The number of amidine groups is 1. The van der Waals surface area contributed by atoms with Crippen LogP contribution in [-0.4, -0.2) is 115 Å². The Kier molecular flexibility index (Phi) is 13.6. The average Bonchev–Trinajstić information content (AvgIpc) is 3.63. The van der Waals surface area contributed by atoms with E-state index in [1.165, 1.54) is 28.4 Å². The maximum Gasteiger partial charge on any atom is 0.327 e. The van der Waals surface area contributed by atoms with E-state index in [-0.39, 0.29) is 41.2 Å². The van der Waals surface area contributed by atoms with Gasteiger partial charge in [-0.2, -0.15) is 23.5 Å². The molecule has 4 fully saturated rings. The highest BCUT2D eigenvalue weighted by Gasteiger charge is 2.64. The molecule has 4 heterocycles. The van der Waals surface area contributed by atoms with Crippen LogP contribution in [0.4, 0.5) is 4.79 Å². The fourth-order valence-electron chi connectivity index (χ4n) is 6.35. The molecule has 0 saturated carbocycles. The minimum Gasteiger partial charge on any atom is -0.480 e. The van der Waals surface area contributed by atoms with Gasteiger partial charge in [-0.05, 0) is 51.7 Å². The topological polar surface area (TPSA) is 195 Å². The quantitative estimate of drug-likeness (QED) is 0.0359. The van der Waals surface area contributed by atoms with E-state index in [4.69, 9.17) is 5.73 Å². The van der Waals surface area contributed by atoms with Crippen LogP contribution in [0.5, 0.6) is 0 Å². The van der Waals surface area contributed by atoms with Crippen molar-refractivity contribution >= 4 is 70.8 Å². The fraction of sp³-hybridized carbons (Fsp3) is 0.800. The maximum absolute atomic E-state index is 12.5. The first-order valence-corrected chi connectivity index (χ1v) is 19.4. The number of β-lactam (4-membered cyclic amide) rings is 1. The van der Waals surface area contributed by atoms with Crippen LogP contribution in [0.1, 0.15) is 78.1 Å². The van der Waals surface area contributed by atoms with Gasteiger partial charge in [-0.3, -0.25) is 19.4 Å². The molecule has 7 N–H and O–H groups in total. The zero-order chi connectivity index (χ0) is 33.3. The molecule has 0 aliphatic carbocycles. The number of rotatable bonds is 20. The average molecular weight is 700 g/mol. The zero-order valence-electron chi connectivity index (χ0n) is 26.8. The van der Waals surface area contributed by atoms with Crippen molar-refractivity contribution in [3.05, 3.63) is 0 Å². The van der Waals surface area contributed by atoms with E-state index < -0.39 is 22.8 Å². The molecule has 0 radical (unpaired) electrons. The number of unbranched alkanes of at least 4 members (excludes halogenated alkanes) is 4. The lowest BCUT2D eigenvalue weighted by Crippen LogP contribution is -2.65. The van der Waals surface area contributed by atoms with E-state index in [9.17, 15) is 29.1 Å². The van der Waals surface area contributed by atoms with Gasteiger partial charge in [0.2, 0.25) is 11.8 Å². The van der Waals surface area contributed by atoms with E-state index in [0.717, 1.165) is 62.9 Å². The molecule has 5 amide bonds. The molecule has 4 rings (SSSR count). The number of hydrogen-bond acceptors (Lipinski definition) is 9. The first kappa shape index (κ1) is 36.5. The predicted octanol–water partition coefficient (Wildman–Crippen LogP) is 1.89. The molecule has 16 heteroatoms. The fourth-order valence-corrected chi connectivity index (χ4v) is 10.3. The summed E-state index contributed by atoms with van der Waals surface area (Å²) in [5, 5.41) is 21.6. The van der Waals surface area contributed by atoms with Gasteiger partial charge in [-0.25, -0.2) is 9.59 Å². The van der Waals surface area contributed by atoms with Crippen LogP contribution in [0.15, 0.2) is 4.99 Å². The Morgan fingerprint density at radius 1 is 1.02 bits per heavy atom. The summed E-state index contributed by atoms with van der Waals surface area (Å²) in [5.74, 6) is 1.27. The predicted molar refractivity (Wildman–Crippen MR) is 184 cm³/mol. The monoisotopic (exact) mass is 699 g/mol. The Labute approximate surface area is 283 Å². The molecule has 6 atom stereocenters. The Bertz CT molecular complexity index is 1160. The second-order valence-electron chi connectivity index (χ2n) is 12.8. The molecule has 0 spiro atoms. The van der Waals surface area contributed by atoms with Gasteiger partial charge in [0, 0.05) is 41.7 Å². The summed E-state index contributed by atoms with van der Waals surface area (Å²) in [6.45, 7) is 4.97. The third-order valence-corrected chi connectivity index (χ3v) is 12.8. The minimum atomic E-state index is -1.00. The van der Waals surface area contributed by atoms with Gasteiger partial charge in [0.15, 0.2) is 6.04 Å². The molecule has 0 aromatic heterocycles. The Balaban J connectivity index is 0.924. The van der Waals surface area contributed by atoms with E-state index in [1.54, 1.807) is 0 Å². The van der Waals surface area contributed by atoms with E-state index in [2.05, 4.69) is 26.3 Å². The zero-order valence-corrected chi connectivity index (χ0v) is 29.2. The molecule has 0 unspecified atom stereocenters. The molecule has 4 saturated heterocycles. The van der Waals surface area contributed by atoms with Crippen LogP contribution in [0.3, 0.4) is 0 Å². The molecule has 0 aromatic rings. The van der Waals surface area contributed by atoms with Gasteiger partial charge in [0.1, 0.15) is 11.4 Å². The molecule has 4 aliphatic heterocycles. The SMILES string of the molecule is CC1(C)S[C@@H]2[C@H](N=C(N)CCCSCC(=O)NCCCCCCNC(=O)CCCC[C@@H]3SC[C@@H]4NC(=O)N[C@@H]43)C(=O)N2[C@H]1C(=O)O. The van der Waals surface area contributed by atoms with Crippen LogP contribution < -0.4 is 27.0 Å². The summed E-state index contributed by atoms with van der Waals surface area (Å²) < 4.78 is -0.585. The van der Waals surface area contributed by atoms with Crippen molar-refractivity contribution in [3.8, 4) is 0 Å². The van der Waals surface area contributed by atoms with Gasteiger partial charge in [-0.1, -0.05) is 19.3 Å². The van der Waals surface area contributed by atoms with Crippen molar-refractivity contribution in [2.24, 2.45) is 10.7 Å². The highest BCUT2D eigenvalue weighted by atomic mass is 32.2. The first-order chi connectivity index (χ1) is 22.0. The van der Waals surface area contributed by atoms with Crippen LogP contribution in [-0.2, 0) is 19.2 Å². The summed E-state index contributed by atoms with van der Waals surface area (Å²) in [6, 6.07) is -1.08. The lowest BCUT2D eigenvalue weighted by molar-refractivity contribution is -0.158. The highest BCUT2D eigenvalue weighted by Crippen LogP contribution is 2.51. The molecule has 0 aromatic carbocycles. The molecule has 0 bridgehead atoms. The van der Waals surface area contributed by atoms with Crippen molar-refractivity contribution in [1.82, 2.24) is 26.2 Å². The number of aliphatic imine (C=N–C) groups is 1. The van der Waals surface area contributed by atoms with Crippen LogP contribution >= 0.6 is 35.3 Å². The number of hydrogen-bond donors (Lipinski definition) is 6. The van der Waals surface area contributed by atoms with Gasteiger partial charge in [0.05, 0.1) is 23.7 Å². The summed E-state index contributed by atoms with van der Waals surface area (Å²) in [5.41, 5.74) is 6.07. The largest absolute Gasteiger partial charge is 0.480 e. The minimum absolute atomic E-state index is 0.00363. The van der Waals surface area contributed by atoms with E-state index >= 15 is 0 Å². The molecule has 13 nitrogen and oxygen atoms in total. The summed E-state index contributed by atoms with van der Waals surface area (Å²) in [6.07, 6.45) is 8.45. The summed E-state index contributed by atoms with van der Waals surface area (Å²) >= 11 is 4.89. The summed E-state index contributed by atoms with van der Waals surface area (Å²) in [4.78, 5) is 65.7. The lowest BCUT2D eigenvalue weighted by Gasteiger charge is -2.41. The number of nitrogens with zero attached hydrogens (tertiary/aromatic N) is 2.